The number of nitrogens with zero attached hydrogens (tertiary/aromatic N) is 1. The first-order valence-electron chi connectivity index (χ1n) is 13.2. The van der Waals surface area contributed by atoms with E-state index >= 15 is 0 Å². The molecule has 2 aromatic carbocycles. The number of phenols is 1. The van der Waals surface area contributed by atoms with Crippen LogP contribution in [-0.4, -0.2) is 44.0 Å². The van der Waals surface area contributed by atoms with Crippen LogP contribution >= 0.6 is 0 Å². The minimum Gasteiger partial charge on any atom is -0.508 e. The second kappa shape index (κ2) is 11.7. The third-order valence-corrected chi connectivity index (χ3v) is 8.89. The molecule has 0 amide bonds. The number of hydrogen-bond donors (Lipinski definition) is 1. The molecule has 0 heterocycles. The van der Waals surface area contributed by atoms with Crippen LogP contribution in [0, 0.1) is 17.7 Å². The zero-order valence-electron chi connectivity index (χ0n) is 22.4. The fraction of sp³-hybridized carbons (Fsp3) is 0.483. The highest BCUT2D eigenvalue weighted by molar-refractivity contribution is 6.76. The van der Waals surface area contributed by atoms with Crippen LogP contribution in [0.1, 0.15) is 48.3 Å². The number of oxime groups is 1. The molecule has 2 bridgehead atoms. The van der Waals surface area contributed by atoms with Gasteiger partial charge in [-0.2, -0.15) is 0 Å². The quantitative estimate of drug-likeness (QED) is 0.234. The van der Waals surface area contributed by atoms with E-state index in [1.807, 2.05) is 13.0 Å². The molecule has 1 N–H and O–H groups in total. The molecule has 2 aromatic rings. The summed E-state index contributed by atoms with van der Waals surface area (Å²) in [6, 6.07) is 11.8. The van der Waals surface area contributed by atoms with Gasteiger partial charge in [0.1, 0.15) is 18.2 Å². The smallest absolute Gasteiger partial charge is 0.310 e. The van der Waals surface area contributed by atoms with Gasteiger partial charge in [0.25, 0.3) is 0 Å². The standard InChI is InChI=1S/C29H36FNO6Si/c1-5-12-35-29(34)27-25-22-15-20(32)10-11-21(22)23(26(27)28(33)36-13-14-38(2,3)4)16-24(25)31-37-17-18-6-8-19(30)9-7-18/h6-11,15,23,25-27,32H,5,12-14,16-17H2,1-4H3/t23?,25-,26?,27-/m1/s1. The van der Waals surface area contributed by atoms with Crippen molar-refractivity contribution in [1.29, 1.82) is 0 Å². The Morgan fingerprint density at radius 2 is 1.68 bits per heavy atom. The number of aromatic hydroxyl groups is 1. The summed E-state index contributed by atoms with van der Waals surface area (Å²) in [6.45, 7) is 9.24. The number of hydrogen-bond acceptors (Lipinski definition) is 7. The van der Waals surface area contributed by atoms with E-state index in [1.165, 1.54) is 12.1 Å². The van der Waals surface area contributed by atoms with Crippen LogP contribution in [-0.2, 0) is 30.5 Å². The highest BCUT2D eigenvalue weighted by atomic mass is 28.3. The van der Waals surface area contributed by atoms with Crippen molar-refractivity contribution in [2.24, 2.45) is 17.0 Å². The largest absolute Gasteiger partial charge is 0.508 e. The normalized spacial score (nSPS) is 23.1. The van der Waals surface area contributed by atoms with E-state index in [4.69, 9.17) is 14.3 Å². The molecule has 38 heavy (non-hydrogen) atoms. The van der Waals surface area contributed by atoms with Crippen molar-refractivity contribution in [1.82, 2.24) is 0 Å². The zero-order valence-corrected chi connectivity index (χ0v) is 23.4. The van der Waals surface area contributed by atoms with E-state index in [9.17, 15) is 19.1 Å². The lowest BCUT2D eigenvalue weighted by atomic mass is 9.55. The maximum Gasteiger partial charge on any atom is 0.310 e. The Morgan fingerprint density at radius 3 is 2.37 bits per heavy atom. The number of ether oxygens (including phenoxy) is 2. The third kappa shape index (κ3) is 6.26. The molecule has 0 radical (unpaired) electrons. The molecule has 3 aliphatic rings. The van der Waals surface area contributed by atoms with Gasteiger partial charge in [0.15, 0.2) is 0 Å². The van der Waals surface area contributed by atoms with Crippen LogP contribution in [0.5, 0.6) is 5.75 Å². The van der Waals surface area contributed by atoms with Gasteiger partial charge in [-0.05, 0) is 59.8 Å². The van der Waals surface area contributed by atoms with E-state index in [0.717, 1.165) is 22.7 Å². The summed E-state index contributed by atoms with van der Waals surface area (Å²) in [4.78, 5) is 32.6. The van der Waals surface area contributed by atoms with Crippen LogP contribution in [0.15, 0.2) is 47.6 Å². The monoisotopic (exact) mass is 541 g/mol. The first-order chi connectivity index (χ1) is 18.1. The van der Waals surface area contributed by atoms with Gasteiger partial charge in [0.2, 0.25) is 0 Å². The average molecular weight is 542 g/mol. The molecule has 0 aromatic heterocycles. The Hall–Kier alpha value is -3.20. The summed E-state index contributed by atoms with van der Waals surface area (Å²) in [6.07, 6.45) is 1.06. The molecular weight excluding hydrogens is 505 g/mol. The second-order valence-electron chi connectivity index (χ2n) is 11.3. The van der Waals surface area contributed by atoms with Gasteiger partial charge < -0.3 is 19.4 Å². The predicted octanol–water partition coefficient (Wildman–Crippen LogP) is 5.76. The molecule has 7 nitrogen and oxygen atoms in total. The van der Waals surface area contributed by atoms with Crippen LogP contribution in [0.2, 0.25) is 25.7 Å². The second-order valence-corrected chi connectivity index (χ2v) is 16.9. The highest BCUT2D eigenvalue weighted by Gasteiger charge is 2.57. The summed E-state index contributed by atoms with van der Waals surface area (Å²) >= 11 is 0. The van der Waals surface area contributed by atoms with Crippen LogP contribution in [0.25, 0.3) is 0 Å². The van der Waals surface area contributed by atoms with E-state index in [2.05, 4.69) is 24.8 Å². The number of carbonyl (C=O) groups excluding carboxylic acids is 2. The molecule has 3 aliphatic carbocycles. The summed E-state index contributed by atoms with van der Waals surface area (Å²) in [5.74, 6) is -3.69. The molecule has 0 saturated heterocycles. The molecule has 4 atom stereocenters. The molecule has 0 spiro atoms. The Morgan fingerprint density at radius 1 is 1.00 bits per heavy atom. The molecular formula is C29H36FNO6Si. The highest BCUT2D eigenvalue weighted by Crippen LogP contribution is 2.56. The number of fused-ring (bicyclic) bond motifs is 2. The number of esters is 2. The van der Waals surface area contributed by atoms with Crippen molar-refractivity contribution in [2.45, 2.75) is 63.9 Å². The SMILES string of the molecule is CCCOC(=O)[C@H]1C(C(=O)OCC[Si](C)(C)C)C2CC(=NOCc3ccc(F)cc3)[C@H]1c1cc(O)ccc12. The first-order valence-corrected chi connectivity index (χ1v) is 16.9. The van der Waals surface area contributed by atoms with Crippen molar-refractivity contribution in [3.63, 3.8) is 0 Å². The Kier molecular flexibility index (Phi) is 8.55. The number of phenolic OH excluding ortho intramolecular Hbond substituents is 1. The minimum absolute atomic E-state index is 0.0674. The van der Waals surface area contributed by atoms with Gasteiger partial charge in [-0.1, -0.05) is 49.9 Å². The topological polar surface area (TPSA) is 94.4 Å². The number of rotatable bonds is 10. The van der Waals surface area contributed by atoms with Crippen molar-refractivity contribution in [3.05, 3.63) is 65.0 Å². The van der Waals surface area contributed by atoms with Crippen LogP contribution < -0.4 is 0 Å². The van der Waals surface area contributed by atoms with Gasteiger partial charge in [0.05, 0.1) is 30.8 Å². The van der Waals surface area contributed by atoms with Crippen molar-refractivity contribution < 1.29 is 33.4 Å². The lowest BCUT2D eigenvalue weighted by molar-refractivity contribution is -0.163. The molecule has 204 valence electrons. The summed E-state index contributed by atoms with van der Waals surface area (Å²) in [5.41, 5.74) is 3.00. The fourth-order valence-electron chi connectivity index (χ4n) is 5.30. The van der Waals surface area contributed by atoms with Gasteiger partial charge >= 0.3 is 11.9 Å². The average Bonchev–Trinajstić information content (AvgIpc) is 2.87. The lowest BCUT2D eigenvalue weighted by Gasteiger charge is -2.47. The molecule has 9 heteroatoms. The molecule has 1 fully saturated rings. The summed E-state index contributed by atoms with van der Waals surface area (Å²) in [5, 5.41) is 14.7. The fourth-order valence-corrected chi connectivity index (χ4v) is 6.01. The lowest BCUT2D eigenvalue weighted by Crippen LogP contribution is -2.51. The summed E-state index contributed by atoms with van der Waals surface area (Å²) < 4.78 is 24.6. The Balaban J connectivity index is 1.66. The number of benzene rings is 2. The van der Waals surface area contributed by atoms with Crippen molar-refractivity contribution in [2.75, 3.05) is 13.2 Å². The zero-order chi connectivity index (χ0) is 27.4. The van der Waals surface area contributed by atoms with E-state index < -0.39 is 37.8 Å². The van der Waals surface area contributed by atoms with E-state index in [0.29, 0.717) is 25.2 Å². The van der Waals surface area contributed by atoms with Gasteiger partial charge in [0, 0.05) is 19.9 Å². The van der Waals surface area contributed by atoms with Gasteiger partial charge in [-0.25, -0.2) is 4.39 Å². The van der Waals surface area contributed by atoms with E-state index in [1.54, 1.807) is 24.3 Å². The molecule has 5 rings (SSSR count). The number of halogens is 1. The maximum absolute atomic E-state index is 13.5. The minimum atomic E-state index is -1.42. The first kappa shape index (κ1) is 27.8. The molecule has 2 unspecified atom stereocenters. The summed E-state index contributed by atoms with van der Waals surface area (Å²) in [7, 11) is -1.42. The van der Waals surface area contributed by atoms with Crippen molar-refractivity contribution in [3.8, 4) is 5.75 Å². The Bertz CT molecular complexity index is 1190. The number of carbonyl (C=O) groups is 2. The Labute approximate surface area is 224 Å². The van der Waals surface area contributed by atoms with Crippen LogP contribution in [0.4, 0.5) is 4.39 Å². The predicted molar refractivity (Wildman–Crippen MR) is 144 cm³/mol. The molecule has 1 saturated carbocycles. The van der Waals surface area contributed by atoms with Gasteiger partial charge in [-0.3, -0.25) is 9.59 Å². The van der Waals surface area contributed by atoms with Crippen molar-refractivity contribution >= 4 is 25.7 Å². The van der Waals surface area contributed by atoms with E-state index in [-0.39, 0.29) is 30.7 Å². The van der Waals surface area contributed by atoms with Gasteiger partial charge in [-0.15, -0.1) is 0 Å². The third-order valence-electron chi connectivity index (χ3n) is 7.19. The maximum atomic E-state index is 13.5. The molecule has 0 aliphatic heterocycles. The van der Waals surface area contributed by atoms with Crippen LogP contribution in [0.3, 0.4) is 0 Å².